The second-order valence-electron chi connectivity index (χ2n) is 4.27. The summed E-state index contributed by atoms with van der Waals surface area (Å²) in [6.07, 6.45) is 0. The molecule has 0 saturated heterocycles. The fourth-order valence-corrected chi connectivity index (χ4v) is 1.70. The number of rotatable bonds is 4. The van der Waals surface area contributed by atoms with Crippen LogP contribution in [0.5, 0.6) is 5.75 Å². The van der Waals surface area contributed by atoms with Crippen LogP contribution in [-0.2, 0) is 11.3 Å². The number of hydrogen-bond donors (Lipinski definition) is 1. The summed E-state index contributed by atoms with van der Waals surface area (Å²) in [5.41, 5.74) is 6.10. The van der Waals surface area contributed by atoms with E-state index < -0.39 is 17.6 Å². The monoisotopic (exact) mass is 293 g/mol. The quantitative estimate of drug-likeness (QED) is 0.695. The summed E-state index contributed by atoms with van der Waals surface area (Å²) in [5.74, 6) is -1.74. The Morgan fingerprint density at radius 1 is 1.19 bits per heavy atom. The topological polar surface area (TPSA) is 61.5 Å². The average Bonchev–Trinajstić information content (AvgIpc) is 2.46. The van der Waals surface area contributed by atoms with Crippen LogP contribution in [0.15, 0.2) is 36.4 Å². The number of nitrogen functional groups attached to an aromatic ring is 1. The molecule has 4 nitrogen and oxygen atoms in total. The Balaban J connectivity index is 2.11. The number of hydrogen-bond acceptors (Lipinski definition) is 4. The lowest BCUT2D eigenvalue weighted by atomic mass is 10.1. The highest BCUT2D eigenvalue weighted by atomic mass is 19.1. The third-order valence-electron chi connectivity index (χ3n) is 2.85. The Hall–Kier alpha value is -2.63. The smallest absolute Gasteiger partial charge is 0.340 e. The van der Waals surface area contributed by atoms with Gasteiger partial charge < -0.3 is 15.2 Å². The van der Waals surface area contributed by atoms with E-state index in [-0.39, 0.29) is 23.4 Å². The molecule has 0 saturated carbocycles. The van der Waals surface area contributed by atoms with Crippen molar-refractivity contribution >= 4 is 11.7 Å². The number of ether oxygens (including phenoxy) is 2. The number of anilines is 1. The van der Waals surface area contributed by atoms with Gasteiger partial charge in [-0.3, -0.25) is 0 Å². The van der Waals surface area contributed by atoms with Crippen molar-refractivity contribution in [3.63, 3.8) is 0 Å². The standard InChI is InChI=1S/C15H13F2NO3/c1-20-11-4-5-14(18)12(7-11)15(19)21-8-9-2-3-10(16)6-13(9)17/h2-7H,8,18H2,1H3. The van der Waals surface area contributed by atoms with Crippen LogP contribution in [-0.4, -0.2) is 13.1 Å². The van der Waals surface area contributed by atoms with E-state index in [0.29, 0.717) is 5.75 Å². The fourth-order valence-electron chi connectivity index (χ4n) is 1.70. The number of halogens is 2. The van der Waals surface area contributed by atoms with E-state index in [1.807, 2.05) is 0 Å². The highest BCUT2D eigenvalue weighted by molar-refractivity contribution is 5.95. The van der Waals surface area contributed by atoms with Crippen molar-refractivity contribution in [3.8, 4) is 5.75 Å². The van der Waals surface area contributed by atoms with Crippen LogP contribution < -0.4 is 10.5 Å². The SMILES string of the molecule is COc1ccc(N)c(C(=O)OCc2ccc(F)cc2F)c1. The molecule has 0 radical (unpaired) electrons. The highest BCUT2D eigenvalue weighted by Gasteiger charge is 2.14. The first kappa shape index (κ1) is 14.8. The van der Waals surface area contributed by atoms with Gasteiger partial charge in [-0.15, -0.1) is 0 Å². The zero-order valence-corrected chi connectivity index (χ0v) is 11.2. The summed E-state index contributed by atoms with van der Waals surface area (Å²) >= 11 is 0. The van der Waals surface area contributed by atoms with Gasteiger partial charge in [-0.2, -0.15) is 0 Å². The second kappa shape index (κ2) is 6.21. The fraction of sp³-hybridized carbons (Fsp3) is 0.133. The lowest BCUT2D eigenvalue weighted by molar-refractivity contribution is 0.0470. The summed E-state index contributed by atoms with van der Waals surface area (Å²) in [6, 6.07) is 7.57. The van der Waals surface area contributed by atoms with Crippen LogP contribution in [0.2, 0.25) is 0 Å². The van der Waals surface area contributed by atoms with Gasteiger partial charge in [0.15, 0.2) is 0 Å². The molecule has 0 spiro atoms. The minimum atomic E-state index is -0.776. The van der Waals surface area contributed by atoms with Crippen molar-refractivity contribution in [2.45, 2.75) is 6.61 Å². The van der Waals surface area contributed by atoms with Crippen molar-refractivity contribution in [3.05, 3.63) is 59.2 Å². The predicted molar refractivity (Wildman–Crippen MR) is 72.9 cm³/mol. The molecule has 0 unspecified atom stereocenters. The van der Waals surface area contributed by atoms with E-state index in [1.54, 1.807) is 6.07 Å². The molecule has 0 aromatic heterocycles. The minimum absolute atomic E-state index is 0.0752. The Bertz CT molecular complexity index is 674. The largest absolute Gasteiger partial charge is 0.497 e. The van der Waals surface area contributed by atoms with Crippen molar-refractivity contribution in [1.82, 2.24) is 0 Å². The van der Waals surface area contributed by atoms with Gasteiger partial charge >= 0.3 is 5.97 Å². The predicted octanol–water partition coefficient (Wildman–Crippen LogP) is 2.91. The van der Waals surface area contributed by atoms with E-state index in [0.717, 1.165) is 12.1 Å². The second-order valence-corrected chi connectivity index (χ2v) is 4.27. The maximum Gasteiger partial charge on any atom is 0.340 e. The average molecular weight is 293 g/mol. The number of nitrogens with two attached hydrogens (primary N) is 1. The van der Waals surface area contributed by atoms with Crippen LogP contribution in [0.25, 0.3) is 0 Å². The molecule has 0 aliphatic rings. The zero-order chi connectivity index (χ0) is 15.4. The number of carbonyl (C=O) groups excluding carboxylic acids is 1. The van der Waals surface area contributed by atoms with Crippen molar-refractivity contribution < 1.29 is 23.0 Å². The Labute approximate surface area is 120 Å². The molecule has 2 aromatic carbocycles. The number of esters is 1. The van der Waals surface area contributed by atoms with Gasteiger partial charge in [0.1, 0.15) is 24.0 Å². The summed E-state index contributed by atoms with van der Waals surface area (Å²) in [6.45, 7) is -0.318. The molecule has 0 bridgehead atoms. The summed E-state index contributed by atoms with van der Waals surface area (Å²) in [7, 11) is 1.45. The number of methoxy groups -OCH3 is 1. The molecule has 0 heterocycles. The molecule has 0 aliphatic carbocycles. The van der Waals surface area contributed by atoms with Gasteiger partial charge in [-0.1, -0.05) is 0 Å². The third kappa shape index (κ3) is 3.47. The molecule has 21 heavy (non-hydrogen) atoms. The molecule has 0 aliphatic heterocycles. The lowest BCUT2D eigenvalue weighted by Gasteiger charge is -2.09. The van der Waals surface area contributed by atoms with E-state index in [9.17, 15) is 13.6 Å². The number of carbonyl (C=O) groups is 1. The van der Waals surface area contributed by atoms with E-state index in [2.05, 4.69) is 0 Å². The highest BCUT2D eigenvalue weighted by Crippen LogP contribution is 2.21. The molecule has 2 N–H and O–H groups in total. The van der Waals surface area contributed by atoms with E-state index in [4.69, 9.17) is 15.2 Å². The van der Waals surface area contributed by atoms with Gasteiger partial charge in [0.25, 0.3) is 0 Å². The maximum atomic E-state index is 13.4. The molecule has 0 fully saturated rings. The van der Waals surface area contributed by atoms with E-state index in [1.165, 1.54) is 25.3 Å². The Morgan fingerprint density at radius 3 is 2.62 bits per heavy atom. The van der Waals surface area contributed by atoms with Gasteiger partial charge in [0.2, 0.25) is 0 Å². The molecule has 110 valence electrons. The Kier molecular flexibility index (Phi) is 4.37. The maximum absolute atomic E-state index is 13.4. The van der Waals surface area contributed by atoms with Gasteiger partial charge in [-0.25, -0.2) is 13.6 Å². The van der Waals surface area contributed by atoms with E-state index >= 15 is 0 Å². The lowest BCUT2D eigenvalue weighted by Crippen LogP contribution is -2.09. The number of benzene rings is 2. The first-order valence-electron chi connectivity index (χ1n) is 6.06. The molecule has 2 aromatic rings. The van der Waals surface area contributed by atoms with Crippen molar-refractivity contribution in [2.75, 3.05) is 12.8 Å². The molecule has 2 rings (SSSR count). The molecule has 0 atom stereocenters. The van der Waals surface area contributed by atoms with Gasteiger partial charge in [0, 0.05) is 17.3 Å². The van der Waals surface area contributed by atoms with Crippen LogP contribution in [0, 0.1) is 11.6 Å². The normalized spacial score (nSPS) is 10.2. The van der Waals surface area contributed by atoms with Crippen LogP contribution in [0.4, 0.5) is 14.5 Å². The molecule has 6 heteroatoms. The third-order valence-corrected chi connectivity index (χ3v) is 2.85. The zero-order valence-electron chi connectivity index (χ0n) is 11.2. The van der Waals surface area contributed by atoms with Gasteiger partial charge in [0.05, 0.1) is 12.7 Å². The molecular weight excluding hydrogens is 280 g/mol. The first-order chi connectivity index (χ1) is 10.0. The van der Waals surface area contributed by atoms with Crippen molar-refractivity contribution in [1.29, 1.82) is 0 Å². The van der Waals surface area contributed by atoms with Gasteiger partial charge in [-0.05, 0) is 30.3 Å². The van der Waals surface area contributed by atoms with Crippen LogP contribution >= 0.6 is 0 Å². The summed E-state index contributed by atoms with van der Waals surface area (Å²) < 4.78 is 36.2. The Morgan fingerprint density at radius 2 is 1.95 bits per heavy atom. The minimum Gasteiger partial charge on any atom is -0.497 e. The first-order valence-corrected chi connectivity index (χ1v) is 6.06. The molecular formula is C15H13F2NO3. The molecule has 0 amide bonds. The van der Waals surface area contributed by atoms with Crippen LogP contribution in [0.3, 0.4) is 0 Å². The summed E-state index contributed by atoms with van der Waals surface area (Å²) in [4.78, 5) is 11.9. The van der Waals surface area contributed by atoms with Crippen LogP contribution in [0.1, 0.15) is 15.9 Å². The summed E-state index contributed by atoms with van der Waals surface area (Å²) in [5, 5.41) is 0. The van der Waals surface area contributed by atoms with Crippen molar-refractivity contribution in [2.24, 2.45) is 0 Å².